The third-order valence-corrected chi connectivity index (χ3v) is 4.15. The van der Waals surface area contributed by atoms with Gasteiger partial charge >= 0.3 is 0 Å². The second-order valence-corrected chi connectivity index (χ2v) is 5.50. The van der Waals surface area contributed by atoms with Crippen molar-refractivity contribution in [2.45, 2.75) is 32.0 Å². The Balaban J connectivity index is 1.87. The number of phenolic OH excluding ortho intramolecular Hbond substituents is 1. The highest BCUT2D eigenvalue weighted by Gasteiger charge is 2.40. The molecule has 1 aromatic carbocycles. The van der Waals surface area contributed by atoms with E-state index >= 15 is 0 Å². The standard InChI is InChI=1S/C15H15N3O5/c19-7-16-5-8-1-2-9-10(13(8)21)6-18(15(9)23)11-3-4-12(20)17-14(11)22/h1-2,7,11,21H,3-6H2,(H,16,19)(H,17,20,22). The highest BCUT2D eigenvalue weighted by atomic mass is 16.3. The number of amides is 4. The van der Waals surface area contributed by atoms with Gasteiger partial charge in [-0.25, -0.2) is 0 Å². The highest BCUT2D eigenvalue weighted by molar-refractivity contribution is 6.05. The number of benzene rings is 1. The minimum atomic E-state index is -0.719. The van der Waals surface area contributed by atoms with Gasteiger partial charge in [0.2, 0.25) is 18.2 Å². The number of rotatable bonds is 4. The zero-order valence-electron chi connectivity index (χ0n) is 12.2. The van der Waals surface area contributed by atoms with Gasteiger partial charge in [-0.15, -0.1) is 0 Å². The van der Waals surface area contributed by atoms with Gasteiger partial charge < -0.3 is 15.3 Å². The van der Waals surface area contributed by atoms with E-state index in [9.17, 15) is 24.3 Å². The number of fused-ring (bicyclic) bond motifs is 1. The van der Waals surface area contributed by atoms with E-state index in [0.29, 0.717) is 23.1 Å². The van der Waals surface area contributed by atoms with Crippen LogP contribution in [0.15, 0.2) is 12.1 Å². The molecule has 0 saturated carbocycles. The van der Waals surface area contributed by atoms with Crippen LogP contribution >= 0.6 is 0 Å². The van der Waals surface area contributed by atoms with E-state index in [4.69, 9.17) is 0 Å². The Labute approximate surface area is 131 Å². The maximum absolute atomic E-state index is 12.5. The molecule has 0 bridgehead atoms. The fourth-order valence-corrected chi connectivity index (χ4v) is 2.97. The van der Waals surface area contributed by atoms with Crippen LogP contribution in [0.5, 0.6) is 5.75 Å². The molecule has 23 heavy (non-hydrogen) atoms. The summed E-state index contributed by atoms with van der Waals surface area (Å²) >= 11 is 0. The summed E-state index contributed by atoms with van der Waals surface area (Å²) in [4.78, 5) is 47.4. The molecule has 8 nitrogen and oxygen atoms in total. The second kappa shape index (κ2) is 5.71. The summed E-state index contributed by atoms with van der Waals surface area (Å²) in [6.45, 7) is 0.246. The monoisotopic (exact) mass is 317 g/mol. The topological polar surface area (TPSA) is 116 Å². The van der Waals surface area contributed by atoms with Crippen LogP contribution in [0.3, 0.4) is 0 Å². The van der Waals surface area contributed by atoms with Crippen LogP contribution in [-0.2, 0) is 27.5 Å². The quantitative estimate of drug-likeness (QED) is 0.506. The Hall–Kier alpha value is -2.90. The Morgan fingerprint density at radius 1 is 1.35 bits per heavy atom. The van der Waals surface area contributed by atoms with E-state index in [1.807, 2.05) is 0 Å². The van der Waals surface area contributed by atoms with Crippen LogP contribution in [0.1, 0.15) is 34.3 Å². The molecule has 0 aromatic heterocycles. The lowest BCUT2D eigenvalue weighted by atomic mass is 10.0. The zero-order chi connectivity index (χ0) is 16.6. The van der Waals surface area contributed by atoms with Crippen molar-refractivity contribution in [3.63, 3.8) is 0 Å². The molecule has 2 aliphatic heterocycles. The third-order valence-electron chi connectivity index (χ3n) is 4.15. The van der Waals surface area contributed by atoms with Crippen LogP contribution in [0.2, 0.25) is 0 Å². The normalized spacial score (nSPS) is 20.3. The van der Waals surface area contributed by atoms with Crippen LogP contribution in [0.25, 0.3) is 0 Å². The number of nitrogens with zero attached hydrogens (tertiary/aromatic N) is 1. The molecule has 1 saturated heterocycles. The van der Waals surface area contributed by atoms with Crippen molar-refractivity contribution >= 4 is 24.1 Å². The summed E-state index contributed by atoms with van der Waals surface area (Å²) in [6.07, 6.45) is 0.967. The van der Waals surface area contributed by atoms with Gasteiger partial charge in [0.15, 0.2) is 0 Å². The number of carbonyl (C=O) groups excluding carboxylic acids is 4. The van der Waals surface area contributed by atoms with Gasteiger partial charge in [-0.2, -0.15) is 0 Å². The van der Waals surface area contributed by atoms with E-state index in [1.54, 1.807) is 12.1 Å². The van der Waals surface area contributed by atoms with Gasteiger partial charge in [-0.1, -0.05) is 6.07 Å². The van der Waals surface area contributed by atoms with E-state index in [2.05, 4.69) is 10.6 Å². The molecule has 3 N–H and O–H groups in total. The molecule has 2 aliphatic rings. The maximum atomic E-state index is 12.5. The smallest absolute Gasteiger partial charge is 0.255 e. The Morgan fingerprint density at radius 2 is 2.13 bits per heavy atom. The van der Waals surface area contributed by atoms with E-state index in [1.165, 1.54) is 4.90 Å². The lowest BCUT2D eigenvalue weighted by molar-refractivity contribution is -0.136. The van der Waals surface area contributed by atoms with Crippen molar-refractivity contribution in [2.75, 3.05) is 0 Å². The first kappa shape index (κ1) is 15.0. The number of hydrogen-bond donors (Lipinski definition) is 3. The van der Waals surface area contributed by atoms with Crippen molar-refractivity contribution in [1.82, 2.24) is 15.5 Å². The molecule has 1 aromatic rings. The molecular formula is C15H15N3O5. The van der Waals surface area contributed by atoms with Crippen molar-refractivity contribution in [3.8, 4) is 5.75 Å². The second-order valence-electron chi connectivity index (χ2n) is 5.50. The molecule has 0 radical (unpaired) electrons. The Morgan fingerprint density at radius 3 is 2.83 bits per heavy atom. The molecule has 2 heterocycles. The van der Waals surface area contributed by atoms with Crippen LogP contribution in [0, 0.1) is 0 Å². The first-order valence-corrected chi connectivity index (χ1v) is 7.18. The Bertz CT molecular complexity index is 715. The summed E-state index contributed by atoms with van der Waals surface area (Å²) < 4.78 is 0. The third kappa shape index (κ3) is 2.52. The number of phenols is 1. The number of aromatic hydroxyl groups is 1. The van der Waals surface area contributed by atoms with E-state index in [0.717, 1.165) is 0 Å². The summed E-state index contributed by atoms with van der Waals surface area (Å²) in [7, 11) is 0. The van der Waals surface area contributed by atoms with Crippen LogP contribution < -0.4 is 10.6 Å². The summed E-state index contributed by atoms with van der Waals surface area (Å²) in [5, 5.41) is 15.0. The van der Waals surface area contributed by atoms with Crippen molar-refractivity contribution < 1.29 is 24.3 Å². The van der Waals surface area contributed by atoms with Gasteiger partial charge in [0.25, 0.3) is 5.91 Å². The average Bonchev–Trinajstić information content (AvgIpc) is 2.85. The van der Waals surface area contributed by atoms with Gasteiger partial charge in [0, 0.05) is 29.7 Å². The summed E-state index contributed by atoms with van der Waals surface area (Å²) in [6, 6.07) is 2.42. The minimum absolute atomic E-state index is 0.0556. The first-order chi connectivity index (χ1) is 11.0. The molecule has 4 amide bonds. The molecule has 120 valence electrons. The SMILES string of the molecule is O=CNCc1ccc2c(c1O)CN(C1CCC(=O)NC1=O)C2=O. The fraction of sp³-hybridized carbons (Fsp3) is 0.333. The van der Waals surface area contributed by atoms with Crippen molar-refractivity contribution in [1.29, 1.82) is 0 Å². The molecular weight excluding hydrogens is 302 g/mol. The molecule has 1 fully saturated rings. The van der Waals surface area contributed by atoms with Crippen molar-refractivity contribution in [2.24, 2.45) is 0 Å². The highest BCUT2D eigenvalue weighted by Crippen LogP contribution is 2.35. The van der Waals surface area contributed by atoms with Gasteiger partial charge in [0.1, 0.15) is 11.8 Å². The van der Waals surface area contributed by atoms with Gasteiger partial charge in [0.05, 0.1) is 6.54 Å². The number of nitrogens with one attached hydrogen (secondary N) is 2. The predicted octanol–water partition coefficient (Wildman–Crippen LogP) is -0.601. The zero-order valence-corrected chi connectivity index (χ0v) is 12.2. The number of carbonyl (C=O) groups is 4. The average molecular weight is 317 g/mol. The first-order valence-electron chi connectivity index (χ1n) is 7.18. The molecule has 3 rings (SSSR count). The number of imide groups is 1. The van der Waals surface area contributed by atoms with Crippen LogP contribution in [0.4, 0.5) is 0 Å². The van der Waals surface area contributed by atoms with Gasteiger partial charge in [-0.3, -0.25) is 24.5 Å². The Kier molecular flexibility index (Phi) is 3.73. The number of hydrogen-bond acceptors (Lipinski definition) is 5. The number of piperidine rings is 1. The lowest BCUT2D eigenvalue weighted by Crippen LogP contribution is -2.52. The summed E-state index contributed by atoms with van der Waals surface area (Å²) in [5.74, 6) is -1.25. The fourth-order valence-electron chi connectivity index (χ4n) is 2.97. The van der Waals surface area contributed by atoms with E-state index in [-0.39, 0.29) is 43.5 Å². The minimum Gasteiger partial charge on any atom is -0.507 e. The van der Waals surface area contributed by atoms with Crippen LogP contribution in [-0.4, -0.2) is 40.2 Å². The summed E-state index contributed by atoms with van der Waals surface area (Å²) in [5.41, 5.74) is 1.26. The molecule has 8 heteroatoms. The molecule has 0 spiro atoms. The predicted molar refractivity (Wildman–Crippen MR) is 77.1 cm³/mol. The molecule has 1 unspecified atom stereocenters. The van der Waals surface area contributed by atoms with Gasteiger partial charge in [-0.05, 0) is 12.5 Å². The maximum Gasteiger partial charge on any atom is 0.255 e. The van der Waals surface area contributed by atoms with Crippen molar-refractivity contribution in [3.05, 3.63) is 28.8 Å². The largest absolute Gasteiger partial charge is 0.507 e. The molecule has 0 aliphatic carbocycles. The lowest BCUT2D eigenvalue weighted by Gasteiger charge is -2.29. The molecule has 1 atom stereocenters. The van der Waals surface area contributed by atoms with E-state index < -0.39 is 11.9 Å².